The molecule has 224 valence electrons. The Morgan fingerprint density at radius 2 is 1.86 bits per heavy atom. The van der Waals surface area contributed by atoms with E-state index in [9.17, 15) is 19.5 Å². The predicted octanol–water partition coefficient (Wildman–Crippen LogP) is 6.11. The highest BCUT2D eigenvalue weighted by atomic mass is 35.5. The lowest BCUT2D eigenvalue weighted by atomic mass is 9.87. The highest BCUT2D eigenvalue weighted by Gasteiger charge is 2.31. The lowest BCUT2D eigenvalue weighted by Gasteiger charge is -2.33. The number of fused-ring (bicyclic) bond motifs is 1. The van der Waals surface area contributed by atoms with Crippen molar-refractivity contribution in [2.75, 3.05) is 24.2 Å². The minimum atomic E-state index is -0.753. The number of benzene rings is 2. The van der Waals surface area contributed by atoms with Crippen molar-refractivity contribution in [2.24, 2.45) is 13.0 Å². The van der Waals surface area contributed by atoms with Gasteiger partial charge < -0.3 is 19.7 Å². The fraction of sp³-hybridized carbons (Fsp3) is 0.452. The van der Waals surface area contributed by atoms with E-state index in [1.165, 1.54) is 17.8 Å². The number of thioether (sulfide) groups is 1. The van der Waals surface area contributed by atoms with Crippen molar-refractivity contribution in [3.8, 4) is 0 Å². The van der Waals surface area contributed by atoms with Crippen LogP contribution in [-0.4, -0.2) is 62.7 Å². The van der Waals surface area contributed by atoms with Crippen LogP contribution in [0.15, 0.2) is 42.6 Å². The molecule has 42 heavy (non-hydrogen) atoms. The van der Waals surface area contributed by atoms with E-state index in [0.717, 1.165) is 42.9 Å². The summed E-state index contributed by atoms with van der Waals surface area (Å²) in [5, 5.41) is 12.9. The van der Waals surface area contributed by atoms with Crippen LogP contribution >= 0.6 is 23.4 Å². The normalized spacial score (nSPS) is 20.1. The number of aryl methyl sites for hydroxylation is 1. The van der Waals surface area contributed by atoms with Gasteiger partial charge in [-0.2, -0.15) is 0 Å². The van der Waals surface area contributed by atoms with Gasteiger partial charge in [-0.1, -0.05) is 29.8 Å². The van der Waals surface area contributed by atoms with Crippen molar-refractivity contribution < 1.29 is 28.6 Å². The summed E-state index contributed by atoms with van der Waals surface area (Å²) >= 11 is 7.82. The number of carboxylic acids is 1. The van der Waals surface area contributed by atoms with Gasteiger partial charge in [0.1, 0.15) is 11.6 Å². The average molecular weight is 616 g/mol. The summed E-state index contributed by atoms with van der Waals surface area (Å²) in [4.78, 5) is 39.5. The molecule has 1 amide bonds. The van der Waals surface area contributed by atoms with Crippen LogP contribution in [0.2, 0.25) is 5.02 Å². The number of hydrogen-bond acceptors (Lipinski definition) is 6. The minimum Gasteiger partial charge on any atom is -0.481 e. The van der Waals surface area contributed by atoms with Crippen molar-refractivity contribution in [3.63, 3.8) is 0 Å². The number of nitrogens with one attached hydrogen (secondary N) is 1. The molecule has 1 unspecified atom stereocenters. The van der Waals surface area contributed by atoms with Crippen LogP contribution in [-0.2, 0) is 27.8 Å². The van der Waals surface area contributed by atoms with E-state index in [-0.39, 0.29) is 51.8 Å². The number of amides is 1. The number of hydrogen-bond donors (Lipinski definition) is 2. The van der Waals surface area contributed by atoms with Crippen molar-refractivity contribution >= 4 is 57.6 Å². The van der Waals surface area contributed by atoms with Gasteiger partial charge in [0.25, 0.3) is 5.91 Å². The molecule has 3 aromatic rings. The molecule has 1 atom stereocenters. The predicted molar refractivity (Wildman–Crippen MR) is 163 cm³/mol. The zero-order chi connectivity index (χ0) is 29.8. The van der Waals surface area contributed by atoms with Crippen LogP contribution in [0, 0.1) is 11.7 Å². The van der Waals surface area contributed by atoms with Crippen LogP contribution in [0.5, 0.6) is 0 Å². The van der Waals surface area contributed by atoms with Crippen LogP contribution in [0.1, 0.15) is 54.4 Å². The number of Topliss-reactive ketones (excluding diaryl/α,β-unsaturated/α-hetero) is 1. The van der Waals surface area contributed by atoms with Crippen molar-refractivity contribution in [2.45, 2.75) is 56.6 Å². The molecule has 11 heteroatoms. The maximum absolute atomic E-state index is 15.1. The molecule has 1 aliphatic heterocycles. The van der Waals surface area contributed by atoms with E-state index >= 15 is 4.39 Å². The quantitative estimate of drug-likeness (QED) is 0.251. The number of nitrogens with zero attached hydrogens (tertiary/aromatic N) is 2. The van der Waals surface area contributed by atoms with Gasteiger partial charge in [-0.25, -0.2) is 4.39 Å². The highest BCUT2D eigenvalue weighted by Crippen LogP contribution is 2.32. The van der Waals surface area contributed by atoms with Crippen LogP contribution in [0.3, 0.4) is 0 Å². The Morgan fingerprint density at radius 3 is 2.57 bits per heavy atom. The number of rotatable bonds is 11. The van der Waals surface area contributed by atoms with Gasteiger partial charge in [-0.15, -0.1) is 11.8 Å². The standard InChI is InChI=1S/C31H35ClFN3O5S/c1-35-17-24(23-6-2-3-7-28(23)35)29(38)34-27-16-26(33)20(15-25(27)32)14-21(37)18-42-31(36-12-4-5-13-36)41-22-10-8-19(9-11-22)30(39)40/h2-3,6-7,15-17,19,22,31H,4-5,8-14,18H2,1H3,(H,34,38)(H,39,40). The largest absolute Gasteiger partial charge is 0.481 e. The molecule has 5 rings (SSSR count). The second-order valence-corrected chi connectivity index (χ2v) is 12.5. The third kappa shape index (κ3) is 7.16. The van der Waals surface area contributed by atoms with Gasteiger partial charge in [0, 0.05) is 43.7 Å². The second kappa shape index (κ2) is 13.6. The molecule has 0 radical (unpaired) electrons. The van der Waals surface area contributed by atoms with Gasteiger partial charge >= 0.3 is 5.97 Å². The lowest BCUT2D eigenvalue weighted by Crippen LogP contribution is -2.38. The number of carbonyl (C=O) groups is 3. The number of ether oxygens (including phenoxy) is 1. The van der Waals surface area contributed by atoms with Crippen molar-refractivity contribution in [1.82, 2.24) is 9.47 Å². The molecular weight excluding hydrogens is 581 g/mol. The number of carboxylic acid groups (broad SMARTS) is 1. The number of carbonyl (C=O) groups excluding carboxylic acids is 2. The molecule has 8 nitrogen and oxygen atoms in total. The molecule has 1 aliphatic carbocycles. The Morgan fingerprint density at radius 1 is 1.14 bits per heavy atom. The summed E-state index contributed by atoms with van der Waals surface area (Å²) in [6.07, 6.45) is 6.22. The van der Waals surface area contributed by atoms with E-state index in [4.69, 9.17) is 16.3 Å². The number of anilines is 1. The Labute approximate surface area is 253 Å². The molecule has 1 saturated carbocycles. The first kappa shape index (κ1) is 30.5. The number of para-hydroxylation sites is 1. The third-order valence-electron chi connectivity index (χ3n) is 8.07. The van der Waals surface area contributed by atoms with Gasteiger partial charge in [0.05, 0.1) is 34.0 Å². The number of aliphatic carboxylic acids is 1. The van der Waals surface area contributed by atoms with Crippen LogP contribution in [0.25, 0.3) is 10.9 Å². The summed E-state index contributed by atoms with van der Waals surface area (Å²) in [5.41, 5.74) is 1.35. The fourth-order valence-corrected chi connectivity index (χ4v) is 7.07. The number of ketones is 1. The second-order valence-electron chi connectivity index (χ2n) is 11.1. The molecule has 2 fully saturated rings. The van der Waals surface area contributed by atoms with Gasteiger partial charge in [0.15, 0.2) is 5.56 Å². The molecule has 2 heterocycles. The maximum Gasteiger partial charge on any atom is 0.306 e. The topological polar surface area (TPSA) is 101 Å². The Hall–Kier alpha value is -2.92. The monoisotopic (exact) mass is 615 g/mol. The number of halogens is 2. The molecule has 1 aromatic heterocycles. The molecule has 2 aliphatic rings. The number of likely N-dealkylation sites (tertiary alicyclic amines) is 1. The summed E-state index contributed by atoms with van der Waals surface area (Å²) < 4.78 is 23.3. The van der Waals surface area contributed by atoms with Crippen molar-refractivity contribution in [3.05, 3.63) is 64.6 Å². The zero-order valence-electron chi connectivity index (χ0n) is 23.5. The van der Waals surface area contributed by atoms with Crippen molar-refractivity contribution in [1.29, 1.82) is 0 Å². The average Bonchev–Trinajstić information content (AvgIpc) is 3.63. The number of aromatic nitrogens is 1. The minimum absolute atomic E-state index is 0.0401. The van der Waals surface area contributed by atoms with E-state index in [1.807, 2.05) is 35.9 Å². The first-order valence-electron chi connectivity index (χ1n) is 14.3. The molecule has 0 spiro atoms. The Kier molecular flexibility index (Phi) is 9.88. The smallest absolute Gasteiger partial charge is 0.306 e. The highest BCUT2D eigenvalue weighted by molar-refractivity contribution is 8.00. The molecule has 2 N–H and O–H groups in total. The summed E-state index contributed by atoms with van der Waals surface area (Å²) in [6, 6.07) is 10.1. The van der Waals surface area contributed by atoms with Crippen LogP contribution in [0.4, 0.5) is 10.1 Å². The summed E-state index contributed by atoms with van der Waals surface area (Å²) in [5.74, 6) is -2.11. The van der Waals surface area contributed by atoms with E-state index in [0.29, 0.717) is 31.2 Å². The van der Waals surface area contributed by atoms with Crippen LogP contribution < -0.4 is 5.32 Å². The van der Waals surface area contributed by atoms with E-state index < -0.39 is 17.7 Å². The summed E-state index contributed by atoms with van der Waals surface area (Å²) in [7, 11) is 1.85. The molecular formula is C31H35ClFN3O5S. The maximum atomic E-state index is 15.1. The van der Waals surface area contributed by atoms with Gasteiger partial charge in [-0.3, -0.25) is 19.3 Å². The Bertz CT molecular complexity index is 1470. The van der Waals surface area contributed by atoms with Gasteiger partial charge in [0.2, 0.25) is 0 Å². The SMILES string of the molecule is Cn1cc(C(=O)Nc2cc(F)c(CC(=O)CSC(OC3CCC(C(=O)O)CC3)N3CCCC3)cc2Cl)c2ccccc21. The van der Waals surface area contributed by atoms with E-state index in [2.05, 4.69) is 10.2 Å². The molecule has 0 bridgehead atoms. The first-order valence-corrected chi connectivity index (χ1v) is 15.7. The van der Waals surface area contributed by atoms with Gasteiger partial charge in [-0.05, 0) is 62.3 Å². The van der Waals surface area contributed by atoms with E-state index in [1.54, 1.807) is 6.20 Å². The lowest BCUT2D eigenvalue weighted by molar-refractivity contribution is -0.144. The zero-order valence-corrected chi connectivity index (χ0v) is 25.1. The molecule has 2 aromatic carbocycles. The first-order chi connectivity index (χ1) is 20.2. The third-order valence-corrected chi connectivity index (χ3v) is 9.57. The Balaban J connectivity index is 1.19. The summed E-state index contributed by atoms with van der Waals surface area (Å²) in [6.45, 7) is 1.76. The molecule has 1 saturated heterocycles. The fourth-order valence-electron chi connectivity index (χ4n) is 5.75.